The molecule has 0 saturated carbocycles. The lowest BCUT2D eigenvalue weighted by molar-refractivity contribution is 0.793. The second-order valence-corrected chi connectivity index (χ2v) is 22.4. The maximum atomic E-state index is 2.49. The molecule has 14 aromatic rings. The summed E-state index contributed by atoms with van der Waals surface area (Å²) in [5.74, 6) is 0. The molecule has 0 N–H and O–H groups in total. The summed E-state index contributed by atoms with van der Waals surface area (Å²) in [6, 6.07) is 102. The highest BCUT2D eigenvalue weighted by Crippen LogP contribution is 2.63. The van der Waals surface area contributed by atoms with Crippen LogP contribution in [-0.2, 0) is 5.41 Å². The van der Waals surface area contributed by atoms with Crippen molar-refractivity contribution in [2.75, 3.05) is 4.90 Å². The Kier molecular flexibility index (Phi) is 9.66. The molecular weight excluding hydrogens is 955 g/mol. The van der Waals surface area contributed by atoms with Crippen LogP contribution >= 0.6 is 22.7 Å². The van der Waals surface area contributed by atoms with E-state index >= 15 is 0 Å². The molecule has 0 amide bonds. The molecular formula is C73H45NS2. The van der Waals surface area contributed by atoms with Crippen molar-refractivity contribution in [1.82, 2.24) is 0 Å². The van der Waals surface area contributed by atoms with Gasteiger partial charge in [0.25, 0.3) is 0 Å². The van der Waals surface area contributed by atoms with Gasteiger partial charge < -0.3 is 4.90 Å². The first-order chi connectivity index (χ1) is 37.7. The Morgan fingerprint density at radius 3 is 1.14 bits per heavy atom. The van der Waals surface area contributed by atoms with Crippen LogP contribution < -0.4 is 4.90 Å². The second-order valence-electron chi connectivity index (χ2n) is 20.3. The van der Waals surface area contributed by atoms with Crippen molar-refractivity contribution in [3.63, 3.8) is 0 Å². The zero-order valence-corrected chi connectivity index (χ0v) is 42.9. The molecule has 1 spiro atoms. The molecule has 0 saturated heterocycles. The fraction of sp³-hybridized carbons (Fsp3) is 0.0137. The Labute approximate surface area is 449 Å². The summed E-state index contributed by atoms with van der Waals surface area (Å²) in [5.41, 5.74) is 23.1. The molecule has 0 bridgehead atoms. The van der Waals surface area contributed by atoms with Gasteiger partial charge in [0.2, 0.25) is 0 Å². The minimum atomic E-state index is -0.453. The number of thiophene rings is 2. The zero-order valence-electron chi connectivity index (χ0n) is 41.2. The molecule has 2 aliphatic rings. The number of nitrogens with zero attached hydrogens (tertiary/aromatic N) is 1. The molecule has 12 aromatic carbocycles. The Morgan fingerprint density at radius 2 is 0.618 bits per heavy atom. The van der Waals surface area contributed by atoms with Crippen molar-refractivity contribution in [3.8, 4) is 66.8 Å². The first-order valence-electron chi connectivity index (χ1n) is 26.1. The van der Waals surface area contributed by atoms with E-state index in [1.54, 1.807) is 0 Å². The molecule has 3 heteroatoms. The highest BCUT2D eigenvalue weighted by Gasteiger charge is 2.51. The lowest BCUT2D eigenvalue weighted by atomic mass is 9.70. The molecule has 0 radical (unpaired) electrons. The van der Waals surface area contributed by atoms with Gasteiger partial charge in [0.05, 0.1) is 5.41 Å². The van der Waals surface area contributed by atoms with Crippen LogP contribution in [0.3, 0.4) is 0 Å². The molecule has 0 fully saturated rings. The third-order valence-corrected chi connectivity index (χ3v) is 18.7. The van der Waals surface area contributed by atoms with Crippen LogP contribution in [0.2, 0.25) is 0 Å². The van der Waals surface area contributed by atoms with Gasteiger partial charge in [-0.05, 0) is 156 Å². The highest BCUT2D eigenvalue weighted by atomic mass is 32.1. The Morgan fingerprint density at radius 1 is 0.237 bits per heavy atom. The van der Waals surface area contributed by atoms with E-state index in [0.717, 1.165) is 17.1 Å². The number of anilines is 3. The summed E-state index contributed by atoms with van der Waals surface area (Å²) < 4.78 is 5.26. The van der Waals surface area contributed by atoms with Crippen LogP contribution in [-0.4, -0.2) is 0 Å². The third-order valence-electron chi connectivity index (χ3n) is 16.3. The van der Waals surface area contributed by atoms with Crippen LogP contribution in [0.1, 0.15) is 22.3 Å². The number of rotatable bonds is 7. The average Bonchev–Trinajstić information content (AvgIpc) is 4.43. The van der Waals surface area contributed by atoms with Gasteiger partial charge in [-0.25, -0.2) is 0 Å². The van der Waals surface area contributed by atoms with Gasteiger partial charge in [0.15, 0.2) is 0 Å². The van der Waals surface area contributed by atoms with E-state index < -0.39 is 5.41 Å². The van der Waals surface area contributed by atoms with E-state index in [0.29, 0.717) is 0 Å². The fourth-order valence-electron chi connectivity index (χ4n) is 13.0. The monoisotopic (exact) mass is 999 g/mol. The summed E-state index contributed by atoms with van der Waals surface area (Å²) >= 11 is 3.78. The first-order valence-corrected chi connectivity index (χ1v) is 27.8. The number of hydrogen-bond acceptors (Lipinski definition) is 3. The SMILES string of the molecule is c1ccc(-c2ccc(N(c3ccc(-c4cc(-c5cccc6c5sc5ccccc56)cc(-c5cccc6c5sc5ccccc56)c4)cc3)c3ccc4c(c3)C3(c5ccccc5-c5ccccc53)c3ccccc3-4)cc2)cc1. The van der Waals surface area contributed by atoms with Crippen LogP contribution in [0.15, 0.2) is 273 Å². The van der Waals surface area contributed by atoms with Crippen molar-refractivity contribution in [1.29, 1.82) is 0 Å². The van der Waals surface area contributed by atoms with E-state index in [2.05, 4.69) is 278 Å². The highest BCUT2D eigenvalue weighted by molar-refractivity contribution is 7.26. The second kappa shape index (κ2) is 17.0. The van der Waals surface area contributed by atoms with E-state index in [1.807, 2.05) is 22.7 Å². The Bertz CT molecular complexity index is 4440. The summed E-state index contributed by atoms with van der Waals surface area (Å²) in [7, 11) is 0. The van der Waals surface area contributed by atoms with Gasteiger partial charge in [0.1, 0.15) is 0 Å². The smallest absolute Gasteiger partial charge is 0.0726 e. The summed E-state index contributed by atoms with van der Waals surface area (Å²) in [6.45, 7) is 0. The molecule has 2 aliphatic carbocycles. The zero-order chi connectivity index (χ0) is 49.9. The van der Waals surface area contributed by atoms with Crippen molar-refractivity contribution >= 4 is 80.1 Å². The molecule has 0 aliphatic heterocycles. The number of fused-ring (bicyclic) bond motifs is 16. The van der Waals surface area contributed by atoms with E-state index in [1.165, 1.54) is 129 Å². The predicted molar refractivity (Wildman–Crippen MR) is 325 cm³/mol. The number of hydrogen-bond donors (Lipinski definition) is 0. The molecule has 354 valence electrons. The van der Waals surface area contributed by atoms with Gasteiger partial charge in [-0.3, -0.25) is 0 Å². The molecule has 0 unspecified atom stereocenters. The van der Waals surface area contributed by atoms with Crippen LogP contribution in [0.25, 0.3) is 107 Å². The van der Waals surface area contributed by atoms with Gasteiger partial charge in [-0.15, -0.1) is 22.7 Å². The standard InChI is InChI=1S/C73H45NS2/c1-2-16-46(17-3-1)47-32-36-52(37-33-47)74(54-40-41-60-59-20-6-11-29-67(59)73(68(60)45-54)65-27-9-4-18-57(65)58-19-5-10-28-66(58)73)53-38-34-48(35-39-53)49-42-50(55-23-14-25-63-61-21-7-12-30-69(61)75-71(55)63)44-51(43-49)56-24-15-26-64-62-22-8-13-31-70(62)76-72(56)64/h1-45H. The largest absolute Gasteiger partial charge is 0.310 e. The van der Waals surface area contributed by atoms with E-state index in [-0.39, 0.29) is 0 Å². The summed E-state index contributed by atoms with van der Waals surface area (Å²) in [4.78, 5) is 2.45. The minimum absolute atomic E-state index is 0.453. The maximum absolute atomic E-state index is 2.49. The maximum Gasteiger partial charge on any atom is 0.0726 e. The van der Waals surface area contributed by atoms with Crippen molar-refractivity contribution in [2.24, 2.45) is 0 Å². The van der Waals surface area contributed by atoms with E-state index in [4.69, 9.17) is 0 Å². The third kappa shape index (κ3) is 6.43. The minimum Gasteiger partial charge on any atom is -0.310 e. The molecule has 1 nitrogen and oxygen atoms in total. The van der Waals surface area contributed by atoms with Crippen LogP contribution in [0, 0.1) is 0 Å². The molecule has 76 heavy (non-hydrogen) atoms. The lowest BCUT2D eigenvalue weighted by Crippen LogP contribution is -2.26. The Balaban J connectivity index is 0.877. The van der Waals surface area contributed by atoms with E-state index in [9.17, 15) is 0 Å². The number of benzene rings is 12. The summed E-state index contributed by atoms with van der Waals surface area (Å²) in [6.07, 6.45) is 0. The molecule has 2 aromatic heterocycles. The Hall–Kier alpha value is -9.12. The fourth-order valence-corrected chi connectivity index (χ4v) is 15.4. The molecule has 0 atom stereocenters. The topological polar surface area (TPSA) is 3.24 Å². The predicted octanol–water partition coefficient (Wildman–Crippen LogP) is 20.9. The lowest BCUT2D eigenvalue weighted by Gasteiger charge is -2.32. The van der Waals surface area contributed by atoms with Crippen molar-refractivity contribution in [2.45, 2.75) is 5.41 Å². The van der Waals surface area contributed by atoms with Gasteiger partial charge in [-0.1, -0.05) is 206 Å². The van der Waals surface area contributed by atoms with Crippen molar-refractivity contribution < 1.29 is 0 Å². The average molecular weight is 1000 g/mol. The van der Waals surface area contributed by atoms with Gasteiger partial charge in [0, 0.05) is 57.4 Å². The summed E-state index contributed by atoms with van der Waals surface area (Å²) in [5, 5.41) is 5.24. The normalized spacial score (nSPS) is 12.8. The van der Waals surface area contributed by atoms with Gasteiger partial charge in [-0.2, -0.15) is 0 Å². The quantitative estimate of drug-likeness (QED) is 0.154. The first kappa shape index (κ1) is 43.3. The van der Waals surface area contributed by atoms with Crippen LogP contribution in [0.5, 0.6) is 0 Å². The van der Waals surface area contributed by atoms with Crippen LogP contribution in [0.4, 0.5) is 17.1 Å². The van der Waals surface area contributed by atoms with Gasteiger partial charge >= 0.3 is 0 Å². The van der Waals surface area contributed by atoms with Crippen molar-refractivity contribution in [3.05, 3.63) is 295 Å². The molecule has 16 rings (SSSR count). The molecule has 2 heterocycles.